The first-order valence-electron chi connectivity index (χ1n) is 16.8. The van der Waals surface area contributed by atoms with Crippen LogP contribution in [-0.4, -0.2) is 9.13 Å². The predicted octanol–water partition coefficient (Wildman–Crippen LogP) is 12.6. The lowest BCUT2D eigenvalue weighted by molar-refractivity contribution is 0.669. The number of nitrogens with zero attached hydrogens (tertiary/aromatic N) is 2. The van der Waals surface area contributed by atoms with E-state index in [1.807, 2.05) is 6.07 Å². The van der Waals surface area contributed by atoms with Gasteiger partial charge < -0.3 is 13.6 Å². The van der Waals surface area contributed by atoms with Crippen LogP contribution in [0.25, 0.3) is 98.8 Å². The van der Waals surface area contributed by atoms with Crippen molar-refractivity contribution in [3.63, 3.8) is 0 Å². The van der Waals surface area contributed by atoms with Crippen LogP contribution in [0, 0.1) is 0 Å². The molecule has 0 saturated carbocycles. The van der Waals surface area contributed by atoms with Gasteiger partial charge in [-0.3, -0.25) is 0 Å². The summed E-state index contributed by atoms with van der Waals surface area (Å²) in [6, 6.07) is 61.3. The van der Waals surface area contributed by atoms with Crippen LogP contribution >= 0.6 is 0 Å². The van der Waals surface area contributed by atoms with Crippen LogP contribution < -0.4 is 0 Å². The quantitative estimate of drug-likeness (QED) is 0.192. The molecule has 0 bridgehead atoms. The first-order valence-corrected chi connectivity index (χ1v) is 16.8. The fraction of sp³-hybridized carbons (Fsp3) is 0. The number of hydrogen-bond donors (Lipinski definition) is 0. The van der Waals surface area contributed by atoms with E-state index >= 15 is 0 Å². The van der Waals surface area contributed by atoms with Crippen LogP contribution in [0.2, 0.25) is 0 Å². The zero-order chi connectivity index (χ0) is 32.1. The van der Waals surface area contributed by atoms with Gasteiger partial charge in [-0.15, -0.1) is 0 Å². The van der Waals surface area contributed by atoms with Crippen molar-refractivity contribution in [1.29, 1.82) is 0 Å². The van der Waals surface area contributed by atoms with Crippen molar-refractivity contribution in [3.05, 3.63) is 170 Å². The van der Waals surface area contributed by atoms with Gasteiger partial charge in [-0.2, -0.15) is 0 Å². The average Bonchev–Trinajstić information content (AvgIpc) is 3.82. The van der Waals surface area contributed by atoms with Crippen LogP contribution in [0.5, 0.6) is 0 Å². The summed E-state index contributed by atoms with van der Waals surface area (Å²) < 4.78 is 11.2. The summed E-state index contributed by atoms with van der Waals surface area (Å²) in [5.41, 5.74) is 11.3. The molecule has 11 aromatic rings. The molecular formula is C46H28N2O. The number of fused-ring (bicyclic) bond motifs is 11. The molecule has 49 heavy (non-hydrogen) atoms. The summed E-state index contributed by atoms with van der Waals surface area (Å²) in [6.07, 6.45) is 0. The van der Waals surface area contributed by atoms with Gasteiger partial charge in [0.15, 0.2) is 0 Å². The van der Waals surface area contributed by atoms with Crippen molar-refractivity contribution < 1.29 is 4.42 Å². The molecule has 0 amide bonds. The van der Waals surface area contributed by atoms with Gasteiger partial charge in [-0.1, -0.05) is 103 Å². The van der Waals surface area contributed by atoms with Crippen molar-refractivity contribution >= 4 is 76.3 Å². The molecule has 0 aliphatic heterocycles. The number of hydrogen-bond acceptors (Lipinski definition) is 1. The topological polar surface area (TPSA) is 23.0 Å². The second-order valence-electron chi connectivity index (χ2n) is 12.9. The van der Waals surface area contributed by atoms with E-state index in [1.165, 1.54) is 76.9 Å². The Kier molecular flexibility index (Phi) is 5.38. The minimum atomic E-state index is 0.901. The minimum absolute atomic E-state index is 0.901. The molecule has 0 unspecified atom stereocenters. The van der Waals surface area contributed by atoms with Crippen LogP contribution in [0.4, 0.5) is 0 Å². The zero-order valence-corrected chi connectivity index (χ0v) is 26.5. The third kappa shape index (κ3) is 3.73. The number of benzene rings is 8. The van der Waals surface area contributed by atoms with E-state index in [2.05, 4.69) is 173 Å². The molecule has 3 heterocycles. The summed E-state index contributed by atoms with van der Waals surface area (Å²) in [4.78, 5) is 0. The van der Waals surface area contributed by atoms with Gasteiger partial charge in [0.25, 0.3) is 0 Å². The summed E-state index contributed by atoms with van der Waals surface area (Å²) in [6.45, 7) is 0. The Hall–Kier alpha value is -6.58. The standard InChI is InChI=1S/C46H28N2O/c1-2-13-32(14-3-1)47-40-18-8-6-16-34(40)37-27-30(21-24-41(37)47)31-22-25-42-38(28-31)35-23-26-44-45(36-17-7-9-20-43(36)49-44)46(35)48(42)39-19-10-12-29-11-4-5-15-33(29)39/h1-28H. The van der Waals surface area contributed by atoms with Crippen molar-refractivity contribution in [2.24, 2.45) is 0 Å². The summed E-state index contributed by atoms with van der Waals surface area (Å²) in [7, 11) is 0. The normalized spacial score (nSPS) is 12.1. The largest absolute Gasteiger partial charge is 0.456 e. The Morgan fingerprint density at radius 3 is 1.84 bits per heavy atom. The lowest BCUT2D eigenvalue weighted by atomic mass is 10.00. The first kappa shape index (κ1) is 26.5. The number of aromatic nitrogens is 2. The number of para-hydroxylation sites is 3. The number of furan rings is 1. The molecule has 228 valence electrons. The lowest BCUT2D eigenvalue weighted by Crippen LogP contribution is -1.95. The third-order valence-corrected chi connectivity index (χ3v) is 10.3. The molecule has 0 aliphatic carbocycles. The first-order chi connectivity index (χ1) is 24.3. The van der Waals surface area contributed by atoms with E-state index in [-0.39, 0.29) is 0 Å². The van der Waals surface area contributed by atoms with Gasteiger partial charge in [0, 0.05) is 38.0 Å². The summed E-state index contributed by atoms with van der Waals surface area (Å²) in [5.74, 6) is 0. The molecule has 0 aliphatic rings. The van der Waals surface area contributed by atoms with Crippen LogP contribution in [-0.2, 0) is 0 Å². The van der Waals surface area contributed by atoms with E-state index < -0.39 is 0 Å². The Balaban J connectivity index is 1.21. The Morgan fingerprint density at radius 1 is 0.367 bits per heavy atom. The van der Waals surface area contributed by atoms with Gasteiger partial charge in [-0.05, 0) is 83.2 Å². The molecular weight excluding hydrogens is 597 g/mol. The van der Waals surface area contributed by atoms with E-state index in [1.54, 1.807) is 0 Å². The highest BCUT2D eigenvalue weighted by molar-refractivity contribution is 6.25. The summed E-state index contributed by atoms with van der Waals surface area (Å²) in [5, 5.41) is 9.66. The Labute approximate surface area is 281 Å². The molecule has 0 N–H and O–H groups in total. The minimum Gasteiger partial charge on any atom is -0.456 e. The number of rotatable bonds is 3. The van der Waals surface area contributed by atoms with E-state index in [0.717, 1.165) is 21.9 Å². The molecule has 3 nitrogen and oxygen atoms in total. The second kappa shape index (κ2) is 9.96. The van der Waals surface area contributed by atoms with Gasteiger partial charge in [0.05, 0.1) is 33.1 Å². The van der Waals surface area contributed by atoms with Crippen LogP contribution in [0.1, 0.15) is 0 Å². The monoisotopic (exact) mass is 624 g/mol. The van der Waals surface area contributed by atoms with Crippen molar-refractivity contribution in [2.75, 3.05) is 0 Å². The molecule has 0 saturated heterocycles. The molecule has 0 radical (unpaired) electrons. The molecule has 3 heteroatoms. The van der Waals surface area contributed by atoms with Gasteiger partial charge in [-0.25, -0.2) is 0 Å². The highest BCUT2D eigenvalue weighted by atomic mass is 16.3. The second-order valence-corrected chi connectivity index (χ2v) is 12.9. The smallest absolute Gasteiger partial charge is 0.137 e. The van der Waals surface area contributed by atoms with Crippen molar-refractivity contribution in [2.45, 2.75) is 0 Å². The third-order valence-electron chi connectivity index (χ3n) is 10.3. The molecule has 8 aromatic carbocycles. The van der Waals surface area contributed by atoms with E-state index in [0.29, 0.717) is 0 Å². The molecule has 11 rings (SSSR count). The zero-order valence-electron chi connectivity index (χ0n) is 26.5. The fourth-order valence-corrected chi connectivity index (χ4v) is 8.16. The van der Waals surface area contributed by atoms with Crippen molar-refractivity contribution in [1.82, 2.24) is 9.13 Å². The van der Waals surface area contributed by atoms with E-state index in [4.69, 9.17) is 4.42 Å². The SMILES string of the molecule is c1ccc(-n2c3ccccc3c3cc(-c4ccc5c(c4)c4ccc6oc7ccccc7c6c4n5-c4cccc5ccccc45)ccc32)cc1. The molecule has 0 fully saturated rings. The Morgan fingerprint density at radius 2 is 1.00 bits per heavy atom. The van der Waals surface area contributed by atoms with Gasteiger partial charge >= 0.3 is 0 Å². The van der Waals surface area contributed by atoms with Gasteiger partial charge in [0.1, 0.15) is 11.2 Å². The highest BCUT2D eigenvalue weighted by Gasteiger charge is 2.21. The fourth-order valence-electron chi connectivity index (χ4n) is 8.16. The molecule has 0 spiro atoms. The lowest BCUT2D eigenvalue weighted by Gasteiger charge is -2.12. The molecule has 3 aromatic heterocycles. The maximum absolute atomic E-state index is 6.42. The predicted molar refractivity (Wildman–Crippen MR) is 205 cm³/mol. The molecule has 0 atom stereocenters. The van der Waals surface area contributed by atoms with Gasteiger partial charge in [0.2, 0.25) is 0 Å². The maximum atomic E-state index is 6.42. The van der Waals surface area contributed by atoms with E-state index in [9.17, 15) is 0 Å². The Bertz CT molecular complexity index is 3100. The summed E-state index contributed by atoms with van der Waals surface area (Å²) >= 11 is 0. The van der Waals surface area contributed by atoms with Crippen LogP contribution in [0.3, 0.4) is 0 Å². The average molecular weight is 625 g/mol. The van der Waals surface area contributed by atoms with Crippen molar-refractivity contribution in [3.8, 4) is 22.5 Å². The maximum Gasteiger partial charge on any atom is 0.137 e. The highest BCUT2D eigenvalue weighted by Crippen LogP contribution is 2.43. The van der Waals surface area contributed by atoms with Crippen LogP contribution in [0.15, 0.2) is 174 Å².